The molecule has 0 radical (unpaired) electrons. The summed E-state index contributed by atoms with van der Waals surface area (Å²) in [5.41, 5.74) is -0.666. The molecule has 108 valence electrons. The van der Waals surface area contributed by atoms with Gasteiger partial charge in [0.2, 0.25) is 0 Å². The number of ether oxygens (including phenoxy) is 1. The predicted molar refractivity (Wildman–Crippen MR) is 72.2 cm³/mol. The van der Waals surface area contributed by atoms with Crippen LogP contribution in [0.25, 0.3) is 10.9 Å². The highest BCUT2D eigenvalue weighted by molar-refractivity contribution is 6.32. The fourth-order valence-electron chi connectivity index (χ4n) is 1.81. The summed E-state index contributed by atoms with van der Waals surface area (Å²) in [6, 6.07) is 3.83. The van der Waals surface area contributed by atoms with Gasteiger partial charge in [-0.15, -0.1) is 0 Å². The quantitative estimate of drug-likeness (QED) is 0.734. The minimum Gasteiger partial charge on any atom is -0.493 e. The van der Waals surface area contributed by atoms with Crippen molar-refractivity contribution in [1.82, 2.24) is 4.98 Å². The summed E-state index contributed by atoms with van der Waals surface area (Å²) in [6.07, 6.45) is -1.22. The topological polar surface area (TPSA) is 22.1 Å². The molecule has 6 heteroatoms. The van der Waals surface area contributed by atoms with Gasteiger partial charge in [-0.25, -0.2) is 0 Å². The Morgan fingerprint density at radius 3 is 2.70 bits per heavy atom. The van der Waals surface area contributed by atoms with E-state index in [2.05, 4.69) is 4.98 Å². The van der Waals surface area contributed by atoms with E-state index in [0.717, 1.165) is 18.9 Å². The first-order chi connectivity index (χ1) is 9.43. The average Bonchev–Trinajstić information content (AvgIpc) is 2.37. The van der Waals surface area contributed by atoms with Crippen molar-refractivity contribution in [3.63, 3.8) is 0 Å². The Morgan fingerprint density at radius 1 is 1.30 bits per heavy atom. The zero-order valence-electron chi connectivity index (χ0n) is 10.8. The number of rotatable bonds is 4. The van der Waals surface area contributed by atoms with Crippen LogP contribution in [-0.2, 0) is 6.18 Å². The first-order valence-corrected chi connectivity index (χ1v) is 6.59. The monoisotopic (exact) mass is 303 g/mol. The van der Waals surface area contributed by atoms with Gasteiger partial charge in [0.1, 0.15) is 5.75 Å². The molecule has 0 atom stereocenters. The number of benzene rings is 1. The number of hydrogen-bond donors (Lipinski definition) is 0. The molecule has 0 saturated carbocycles. The Hall–Kier alpha value is -1.49. The highest BCUT2D eigenvalue weighted by atomic mass is 35.5. The minimum atomic E-state index is -4.49. The van der Waals surface area contributed by atoms with Crippen molar-refractivity contribution < 1.29 is 17.9 Å². The van der Waals surface area contributed by atoms with Crippen LogP contribution in [0.3, 0.4) is 0 Å². The van der Waals surface area contributed by atoms with E-state index in [1.54, 1.807) is 6.07 Å². The number of alkyl halides is 3. The van der Waals surface area contributed by atoms with E-state index in [0.29, 0.717) is 17.7 Å². The van der Waals surface area contributed by atoms with Gasteiger partial charge in [-0.05, 0) is 24.6 Å². The van der Waals surface area contributed by atoms with Crippen molar-refractivity contribution in [3.05, 3.63) is 35.0 Å². The number of unbranched alkanes of at least 4 members (excludes halogenated alkanes) is 1. The first kappa shape index (κ1) is 14.9. The summed E-state index contributed by atoms with van der Waals surface area (Å²) in [5, 5.41) is 0.139. The summed E-state index contributed by atoms with van der Waals surface area (Å²) in [5.74, 6) is 0.499. The van der Waals surface area contributed by atoms with Crippen molar-refractivity contribution in [2.45, 2.75) is 25.9 Å². The maximum absolute atomic E-state index is 12.8. The lowest BCUT2D eigenvalue weighted by Crippen LogP contribution is -2.06. The molecule has 20 heavy (non-hydrogen) atoms. The van der Waals surface area contributed by atoms with E-state index in [-0.39, 0.29) is 10.5 Å². The van der Waals surface area contributed by atoms with Crippen molar-refractivity contribution in [2.75, 3.05) is 6.61 Å². The fourth-order valence-corrected chi connectivity index (χ4v) is 2.08. The Bertz CT molecular complexity index is 613. The van der Waals surface area contributed by atoms with Gasteiger partial charge in [0, 0.05) is 11.6 Å². The van der Waals surface area contributed by atoms with E-state index in [4.69, 9.17) is 16.3 Å². The number of nitrogens with zero attached hydrogens (tertiary/aromatic N) is 1. The van der Waals surface area contributed by atoms with Gasteiger partial charge < -0.3 is 4.74 Å². The van der Waals surface area contributed by atoms with Crippen molar-refractivity contribution in [3.8, 4) is 5.75 Å². The molecule has 0 aliphatic carbocycles. The molecule has 2 rings (SSSR count). The molecule has 0 spiro atoms. The molecule has 1 aromatic carbocycles. The van der Waals surface area contributed by atoms with Gasteiger partial charge in [-0.2, -0.15) is 13.2 Å². The number of hydrogen-bond acceptors (Lipinski definition) is 2. The highest BCUT2D eigenvalue weighted by Gasteiger charge is 2.33. The van der Waals surface area contributed by atoms with Gasteiger partial charge in [-0.1, -0.05) is 24.9 Å². The van der Waals surface area contributed by atoms with E-state index >= 15 is 0 Å². The predicted octanol–water partition coefficient (Wildman–Crippen LogP) is 5.09. The van der Waals surface area contributed by atoms with E-state index in [1.807, 2.05) is 6.92 Å². The van der Waals surface area contributed by atoms with Gasteiger partial charge in [-0.3, -0.25) is 4.98 Å². The molecule has 0 unspecified atom stereocenters. The van der Waals surface area contributed by atoms with Crippen molar-refractivity contribution in [1.29, 1.82) is 0 Å². The molecule has 0 aliphatic heterocycles. The highest BCUT2D eigenvalue weighted by Crippen LogP contribution is 2.38. The SMILES string of the molecule is CCCCOc1ccnc2cc(C(F)(F)F)c(Cl)cc12. The number of pyridine rings is 1. The average molecular weight is 304 g/mol. The van der Waals surface area contributed by atoms with E-state index in [9.17, 15) is 13.2 Å². The van der Waals surface area contributed by atoms with Crippen LogP contribution in [0.4, 0.5) is 13.2 Å². The van der Waals surface area contributed by atoms with Gasteiger partial charge in [0.25, 0.3) is 0 Å². The van der Waals surface area contributed by atoms with Crippen LogP contribution in [0.15, 0.2) is 24.4 Å². The molecule has 1 aromatic heterocycles. The molecule has 0 saturated heterocycles. The fraction of sp³-hybridized carbons (Fsp3) is 0.357. The minimum absolute atomic E-state index is 0.218. The molecule has 0 N–H and O–H groups in total. The van der Waals surface area contributed by atoms with Crippen LogP contribution >= 0.6 is 11.6 Å². The second kappa shape index (κ2) is 5.87. The summed E-state index contributed by atoms with van der Waals surface area (Å²) >= 11 is 5.72. The molecular weight excluding hydrogens is 291 g/mol. The third-order valence-electron chi connectivity index (χ3n) is 2.85. The van der Waals surface area contributed by atoms with Gasteiger partial charge >= 0.3 is 6.18 Å². The van der Waals surface area contributed by atoms with Crippen LogP contribution < -0.4 is 4.74 Å². The lowest BCUT2D eigenvalue weighted by molar-refractivity contribution is -0.137. The summed E-state index contributed by atoms with van der Waals surface area (Å²) in [7, 11) is 0. The molecular formula is C14H13ClF3NO. The molecule has 2 nitrogen and oxygen atoms in total. The Kier molecular flexibility index (Phi) is 4.38. The second-order valence-electron chi connectivity index (χ2n) is 4.36. The summed E-state index contributed by atoms with van der Waals surface area (Å²) in [4.78, 5) is 3.95. The van der Waals surface area contributed by atoms with Crippen molar-refractivity contribution >= 4 is 22.5 Å². The third-order valence-corrected chi connectivity index (χ3v) is 3.16. The van der Waals surface area contributed by atoms with Crippen LogP contribution in [0.2, 0.25) is 5.02 Å². The molecule has 2 aromatic rings. The maximum atomic E-state index is 12.8. The maximum Gasteiger partial charge on any atom is 0.417 e. The second-order valence-corrected chi connectivity index (χ2v) is 4.77. The Labute approximate surface area is 119 Å². The van der Waals surface area contributed by atoms with Crippen LogP contribution in [0.1, 0.15) is 25.3 Å². The number of aromatic nitrogens is 1. The zero-order chi connectivity index (χ0) is 14.8. The van der Waals surface area contributed by atoms with Gasteiger partial charge in [0.15, 0.2) is 0 Å². The standard InChI is InChI=1S/C14H13ClF3NO/c1-2-3-6-20-13-4-5-19-12-8-10(14(16,17)18)11(15)7-9(12)13/h4-5,7-8H,2-3,6H2,1H3. The lowest BCUT2D eigenvalue weighted by atomic mass is 10.1. The molecule has 1 heterocycles. The van der Waals surface area contributed by atoms with Crippen LogP contribution in [0, 0.1) is 0 Å². The third kappa shape index (κ3) is 3.15. The number of fused-ring (bicyclic) bond motifs is 1. The van der Waals surface area contributed by atoms with Crippen LogP contribution in [0.5, 0.6) is 5.75 Å². The van der Waals surface area contributed by atoms with E-state index < -0.39 is 11.7 Å². The molecule has 0 fully saturated rings. The molecule has 0 bridgehead atoms. The van der Waals surface area contributed by atoms with Crippen molar-refractivity contribution in [2.24, 2.45) is 0 Å². The summed E-state index contributed by atoms with van der Waals surface area (Å²) < 4.78 is 43.9. The van der Waals surface area contributed by atoms with Crippen LogP contribution in [-0.4, -0.2) is 11.6 Å². The number of halogens is 4. The Balaban J connectivity index is 2.46. The zero-order valence-corrected chi connectivity index (χ0v) is 11.6. The first-order valence-electron chi connectivity index (χ1n) is 6.21. The molecule has 0 aliphatic rings. The van der Waals surface area contributed by atoms with Gasteiger partial charge in [0.05, 0.1) is 22.7 Å². The Morgan fingerprint density at radius 2 is 2.05 bits per heavy atom. The summed E-state index contributed by atoms with van der Waals surface area (Å²) in [6.45, 7) is 2.54. The molecule has 0 amide bonds. The van der Waals surface area contributed by atoms with E-state index in [1.165, 1.54) is 12.3 Å². The largest absolute Gasteiger partial charge is 0.493 e. The smallest absolute Gasteiger partial charge is 0.417 e. The lowest BCUT2D eigenvalue weighted by Gasteiger charge is -2.12. The normalized spacial score (nSPS) is 11.8.